The molecule has 0 aromatic heterocycles. The van der Waals surface area contributed by atoms with Crippen LogP contribution in [0.2, 0.25) is 0 Å². The number of benzene rings is 1. The van der Waals surface area contributed by atoms with Crippen LogP contribution >= 0.6 is 0 Å². The standard InChI is InChI=1S/C25H37NO5/c1-17-11-12-21-20(14-17)24-22(27)15-19(16-23(24)31-25(21,3)4)18(2)10-8-6-5-7-9-13-30-26(28)29/h11,15-16,18,20-21,27H,5-10,12-14H2,1-4H3/t18?,20-,21-/m1/s1. The molecule has 0 bridgehead atoms. The van der Waals surface area contributed by atoms with E-state index in [1.54, 1.807) is 0 Å². The molecule has 0 fully saturated rings. The first-order chi connectivity index (χ1) is 14.7. The van der Waals surface area contributed by atoms with Crippen molar-refractivity contribution < 1.29 is 19.8 Å². The molecule has 2 aliphatic rings. The molecule has 1 aromatic rings. The number of hydrogen-bond donors (Lipinski definition) is 1. The highest BCUT2D eigenvalue weighted by atomic mass is 16.9. The van der Waals surface area contributed by atoms with Gasteiger partial charge in [-0.1, -0.05) is 44.3 Å². The van der Waals surface area contributed by atoms with E-state index in [0.29, 0.717) is 23.5 Å². The van der Waals surface area contributed by atoms with Gasteiger partial charge in [0.15, 0.2) is 0 Å². The van der Waals surface area contributed by atoms with Crippen molar-refractivity contribution in [1.29, 1.82) is 0 Å². The minimum absolute atomic E-state index is 0.186. The number of aromatic hydroxyl groups is 1. The Morgan fingerprint density at radius 2 is 1.97 bits per heavy atom. The summed E-state index contributed by atoms with van der Waals surface area (Å²) in [6.07, 6.45) is 10.3. The summed E-state index contributed by atoms with van der Waals surface area (Å²) in [7, 11) is 0. The van der Waals surface area contributed by atoms with Gasteiger partial charge in [-0.15, -0.1) is 10.1 Å². The zero-order chi connectivity index (χ0) is 22.6. The van der Waals surface area contributed by atoms with Gasteiger partial charge in [0, 0.05) is 17.4 Å². The lowest BCUT2D eigenvalue weighted by Crippen LogP contribution is -2.45. The van der Waals surface area contributed by atoms with Gasteiger partial charge in [-0.2, -0.15) is 0 Å². The van der Waals surface area contributed by atoms with Crippen LogP contribution in [0.5, 0.6) is 11.5 Å². The fourth-order valence-electron chi connectivity index (χ4n) is 5.26. The maximum Gasteiger partial charge on any atom is 0.294 e. The van der Waals surface area contributed by atoms with Gasteiger partial charge in [0.25, 0.3) is 5.09 Å². The van der Waals surface area contributed by atoms with E-state index in [4.69, 9.17) is 4.74 Å². The van der Waals surface area contributed by atoms with Gasteiger partial charge in [0.2, 0.25) is 0 Å². The summed E-state index contributed by atoms with van der Waals surface area (Å²) < 4.78 is 6.44. The monoisotopic (exact) mass is 431 g/mol. The molecule has 1 aliphatic heterocycles. The van der Waals surface area contributed by atoms with Crippen LogP contribution in [0.3, 0.4) is 0 Å². The second kappa shape index (κ2) is 9.92. The molecule has 31 heavy (non-hydrogen) atoms. The maximum atomic E-state index is 11.0. The van der Waals surface area contributed by atoms with Crippen LogP contribution in [0.4, 0.5) is 0 Å². The Bertz CT molecular complexity index is 816. The van der Waals surface area contributed by atoms with Crippen molar-refractivity contribution >= 4 is 0 Å². The number of phenols is 1. The number of rotatable bonds is 10. The van der Waals surface area contributed by atoms with E-state index < -0.39 is 5.09 Å². The number of allylic oxidation sites excluding steroid dienone is 2. The molecule has 0 saturated carbocycles. The van der Waals surface area contributed by atoms with Gasteiger partial charge in [-0.05, 0) is 70.1 Å². The summed E-state index contributed by atoms with van der Waals surface area (Å²) >= 11 is 0. The average molecular weight is 432 g/mol. The topological polar surface area (TPSA) is 81.8 Å². The lowest BCUT2D eigenvalue weighted by Gasteiger charge is -2.47. The highest BCUT2D eigenvalue weighted by molar-refractivity contribution is 5.53. The summed E-state index contributed by atoms with van der Waals surface area (Å²) in [5.41, 5.74) is 3.27. The Balaban J connectivity index is 1.58. The smallest absolute Gasteiger partial charge is 0.294 e. The molecule has 172 valence electrons. The highest BCUT2D eigenvalue weighted by Gasteiger charge is 2.45. The highest BCUT2D eigenvalue weighted by Crippen LogP contribution is 2.54. The molecule has 1 unspecified atom stereocenters. The number of fused-ring (bicyclic) bond motifs is 3. The van der Waals surface area contributed by atoms with Crippen molar-refractivity contribution in [3.8, 4) is 11.5 Å². The van der Waals surface area contributed by atoms with E-state index in [9.17, 15) is 15.2 Å². The van der Waals surface area contributed by atoms with Crippen LogP contribution in [0.25, 0.3) is 0 Å². The molecule has 3 rings (SSSR count). The van der Waals surface area contributed by atoms with Gasteiger partial charge in [-0.3, -0.25) is 0 Å². The molecule has 0 amide bonds. The fourth-order valence-corrected chi connectivity index (χ4v) is 5.26. The number of unbranched alkanes of at least 4 members (excludes halogenated alkanes) is 4. The molecule has 1 aliphatic carbocycles. The summed E-state index contributed by atoms with van der Waals surface area (Å²) in [5, 5.41) is 20.4. The number of hydrogen-bond acceptors (Lipinski definition) is 5. The van der Waals surface area contributed by atoms with Crippen molar-refractivity contribution in [2.24, 2.45) is 5.92 Å². The van der Waals surface area contributed by atoms with Gasteiger partial charge in [-0.25, -0.2) is 0 Å². The van der Waals surface area contributed by atoms with Crippen molar-refractivity contribution in [1.82, 2.24) is 0 Å². The zero-order valence-electron chi connectivity index (χ0n) is 19.4. The van der Waals surface area contributed by atoms with Gasteiger partial charge in [0.1, 0.15) is 17.1 Å². The summed E-state index contributed by atoms with van der Waals surface area (Å²) in [4.78, 5) is 14.5. The predicted octanol–water partition coefficient (Wildman–Crippen LogP) is 6.66. The Labute approximate surface area is 185 Å². The third-order valence-electron chi connectivity index (χ3n) is 7.07. The fraction of sp³-hybridized carbons (Fsp3) is 0.680. The van der Waals surface area contributed by atoms with Crippen LogP contribution < -0.4 is 4.74 Å². The van der Waals surface area contributed by atoms with Crippen LogP contribution in [-0.2, 0) is 4.84 Å². The SMILES string of the molecule is CC1=CC[C@@H]2[C@@H](C1)c1c(O)cc(C(C)CCCCCCCO[N+](=O)[O-])cc1OC2(C)C. The van der Waals surface area contributed by atoms with E-state index in [-0.39, 0.29) is 12.2 Å². The normalized spacial score (nSPS) is 22.5. The van der Waals surface area contributed by atoms with Crippen LogP contribution in [0.1, 0.15) is 102 Å². The minimum Gasteiger partial charge on any atom is -0.508 e. The second-order valence-electron chi connectivity index (χ2n) is 9.87. The van der Waals surface area contributed by atoms with E-state index in [1.807, 2.05) is 6.07 Å². The molecule has 1 N–H and O–H groups in total. The summed E-state index contributed by atoms with van der Waals surface area (Å²) in [6, 6.07) is 4.10. The quantitative estimate of drug-likeness (QED) is 0.194. The van der Waals surface area contributed by atoms with E-state index >= 15 is 0 Å². The maximum absolute atomic E-state index is 11.0. The Hall–Kier alpha value is -2.24. The van der Waals surface area contributed by atoms with Gasteiger partial charge in [0.05, 0.1) is 6.61 Å². The van der Waals surface area contributed by atoms with Crippen molar-refractivity contribution in [3.05, 3.63) is 45.0 Å². The first kappa shape index (κ1) is 23.4. The van der Waals surface area contributed by atoms with Gasteiger partial charge >= 0.3 is 0 Å². The molecule has 0 radical (unpaired) electrons. The molecular formula is C25H37NO5. The third-order valence-corrected chi connectivity index (χ3v) is 7.07. The van der Waals surface area contributed by atoms with Crippen LogP contribution in [0.15, 0.2) is 23.8 Å². The second-order valence-corrected chi connectivity index (χ2v) is 9.87. The first-order valence-corrected chi connectivity index (χ1v) is 11.7. The lowest BCUT2D eigenvalue weighted by molar-refractivity contribution is -0.757. The average Bonchev–Trinajstić information content (AvgIpc) is 2.68. The molecule has 0 spiro atoms. The number of phenolic OH excluding ortho intramolecular Hbond substituents is 1. The van der Waals surface area contributed by atoms with E-state index in [1.165, 1.54) is 5.57 Å². The van der Waals surface area contributed by atoms with E-state index in [0.717, 1.165) is 68.2 Å². The van der Waals surface area contributed by atoms with Crippen molar-refractivity contribution in [2.45, 2.75) is 96.5 Å². The Morgan fingerprint density at radius 1 is 1.26 bits per heavy atom. The molecule has 1 aromatic carbocycles. The molecular weight excluding hydrogens is 394 g/mol. The summed E-state index contributed by atoms with van der Waals surface area (Å²) in [5.74, 6) is 2.27. The molecule has 6 nitrogen and oxygen atoms in total. The lowest BCUT2D eigenvalue weighted by atomic mass is 9.67. The largest absolute Gasteiger partial charge is 0.508 e. The molecule has 3 atom stereocenters. The Morgan fingerprint density at radius 3 is 2.71 bits per heavy atom. The number of nitrogens with zero attached hydrogens (tertiary/aromatic N) is 1. The first-order valence-electron chi connectivity index (χ1n) is 11.7. The molecule has 6 heteroatoms. The van der Waals surface area contributed by atoms with Crippen molar-refractivity contribution in [3.63, 3.8) is 0 Å². The Kier molecular flexibility index (Phi) is 7.50. The minimum atomic E-state index is -0.729. The van der Waals surface area contributed by atoms with Gasteiger partial charge < -0.3 is 14.7 Å². The van der Waals surface area contributed by atoms with E-state index in [2.05, 4.69) is 44.7 Å². The van der Waals surface area contributed by atoms with Crippen LogP contribution in [0, 0.1) is 16.0 Å². The predicted molar refractivity (Wildman–Crippen MR) is 121 cm³/mol. The third kappa shape index (κ3) is 5.72. The summed E-state index contributed by atoms with van der Waals surface area (Å²) in [6.45, 7) is 8.92. The zero-order valence-corrected chi connectivity index (χ0v) is 19.4. The molecule has 1 heterocycles. The number of ether oxygens (including phenoxy) is 1. The van der Waals surface area contributed by atoms with Crippen LogP contribution in [-0.4, -0.2) is 22.4 Å². The molecule has 0 saturated heterocycles. The van der Waals surface area contributed by atoms with Crippen molar-refractivity contribution in [2.75, 3.05) is 6.61 Å².